The van der Waals surface area contributed by atoms with Crippen molar-refractivity contribution in [3.63, 3.8) is 0 Å². The average Bonchev–Trinajstić information content (AvgIpc) is 1.66. The van der Waals surface area contributed by atoms with Crippen molar-refractivity contribution >= 4 is 132 Å². The zero-order valence-electron chi connectivity index (χ0n) is 51.3. The summed E-state index contributed by atoms with van der Waals surface area (Å²) < 4.78 is 2.36. The Hall–Kier alpha value is -9.55. The number of para-hydroxylation sites is 2. The maximum absolute atomic E-state index is 5.34. The topological polar surface area (TPSA) is 50.5 Å². The Morgan fingerprint density at radius 2 is 0.802 bits per heavy atom. The smallest absolute Gasteiger partial charge is 0.265 e. The maximum Gasteiger partial charge on any atom is 2.00 e. The van der Waals surface area contributed by atoms with Crippen LogP contribution in [0.3, 0.4) is 0 Å². The second-order valence-corrected chi connectivity index (χ2v) is 27.2. The Morgan fingerprint density at radius 3 is 1.43 bits per heavy atom. The normalized spacial score (nSPS) is 12.1. The maximum atomic E-state index is 5.34. The van der Waals surface area contributed by atoms with Crippen LogP contribution in [0.5, 0.6) is 0 Å². The third kappa shape index (κ3) is 11.4. The van der Waals surface area contributed by atoms with Crippen molar-refractivity contribution in [1.82, 2.24) is 9.97 Å². The first-order valence-corrected chi connectivity index (χ1v) is 32.3. The number of hydrogen-bond donors (Lipinski definition) is 0. The van der Waals surface area contributed by atoms with Gasteiger partial charge in [-0.25, -0.2) is 9.97 Å². The molecule has 0 radical (unpaired) electrons. The van der Waals surface area contributed by atoms with Gasteiger partial charge in [0.1, 0.15) is 10.0 Å². The number of aromatic nitrogens is 2. The van der Waals surface area contributed by atoms with Crippen molar-refractivity contribution in [2.45, 2.75) is 52.4 Å². The molecule has 0 amide bonds. The number of thiazole rings is 2. The zero-order valence-corrected chi connectivity index (χ0v) is 55.2. The molecule has 0 atom stereocenters. The van der Waals surface area contributed by atoms with E-state index in [1.807, 2.05) is 36.7 Å². The molecule has 0 fully saturated rings. The largest absolute Gasteiger partial charge is 2.00 e. The Morgan fingerprint density at radius 1 is 0.352 bits per heavy atom. The van der Waals surface area contributed by atoms with Crippen molar-refractivity contribution in [3.05, 3.63) is 289 Å². The van der Waals surface area contributed by atoms with Crippen LogP contribution in [0.15, 0.2) is 265 Å². The van der Waals surface area contributed by atoms with E-state index < -0.39 is 0 Å². The van der Waals surface area contributed by atoms with Gasteiger partial charge in [0.05, 0.1) is 21.6 Å². The van der Waals surface area contributed by atoms with Crippen LogP contribution in [0.4, 0.5) is 11.4 Å². The molecule has 440 valence electrons. The quantitative estimate of drug-likeness (QED) is 0.0865. The number of rotatable bonds is 8. The fourth-order valence-electron chi connectivity index (χ4n) is 12.5. The van der Waals surface area contributed by atoms with E-state index in [9.17, 15) is 0 Å². The summed E-state index contributed by atoms with van der Waals surface area (Å²) in [6.07, 6.45) is 3.99. The van der Waals surface area contributed by atoms with Gasteiger partial charge in [-0.2, -0.15) is 0 Å². The van der Waals surface area contributed by atoms with Gasteiger partial charge in [-0.3, -0.25) is 9.98 Å². The average molecular weight is 1390 g/mol. The Bertz CT molecular complexity index is 5190. The molecule has 0 unspecified atom stereocenters. The molecule has 0 saturated heterocycles. The number of aliphatic imine (C=N–C) groups is 2. The van der Waals surface area contributed by atoms with E-state index in [2.05, 4.69) is 284 Å². The van der Waals surface area contributed by atoms with Gasteiger partial charge in [-0.1, -0.05) is 234 Å². The predicted octanol–water partition coefficient (Wildman–Crippen LogP) is 23.9. The van der Waals surface area contributed by atoms with Crippen LogP contribution in [-0.4, -0.2) is 22.4 Å². The van der Waals surface area contributed by atoms with E-state index in [1.54, 1.807) is 22.7 Å². The van der Waals surface area contributed by atoms with E-state index in [1.165, 1.54) is 90.9 Å². The summed E-state index contributed by atoms with van der Waals surface area (Å²) in [7, 11) is 0. The summed E-state index contributed by atoms with van der Waals surface area (Å²) in [6, 6.07) is 97.2. The molecule has 0 aliphatic rings. The molecule has 91 heavy (non-hydrogen) atoms. The number of hydrogen-bond acceptors (Lipinski definition) is 6. The predicted molar refractivity (Wildman–Crippen MR) is 388 cm³/mol. The molecule has 0 saturated carbocycles. The fourth-order valence-corrected chi connectivity index (χ4v) is 14.6. The van der Waals surface area contributed by atoms with Crippen molar-refractivity contribution in [3.8, 4) is 43.4 Å². The van der Waals surface area contributed by atoms with Gasteiger partial charge in [0.25, 0.3) is 0 Å². The van der Waals surface area contributed by atoms with Crippen LogP contribution in [0.25, 0.3) is 128 Å². The van der Waals surface area contributed by atoms with Gasteiger partial charge in [0.2, 0.25) is 0 Å². The van der Waals surface area contributed by atoms with Crippen LogP contribution in [-0.2, 0) is 31.9 Å². The van der Waals surface area contributed by atoms with E-state index in [-0.39, 0.29) is 31.9 Å². The van der Waals surface area contributed by atoms with Gasteiger partial charge in [0.15, 0.2) is 0 Å². The van der Waals surface area contributed by atoms with E-state index in [0.717, 1.165) is 71.2 Å². The third-order valence-electron chi connectivity index (χ3n) is 17.3. The van der Waals surface area contributed by atoms with E-state index in [0.29, 0.717) is 0 Å². The number of fused-ring (bicyclic) bond motifs is 10. The first kappa shape index (κ1) is 59.1. The molecule has 0 aliphatic carbocycles. The SMILES string of the molecule is CC(C)(C)c1cc(-c2[c-]ccc3ccccc23)c2nc(-c3ccccc3N=Cc3cc4ccccc4c4ccc[c-]c34)sc2c1.CC(C)(C)c1cc(-c2cccc3ccccc23)c2nc(-c3ccccc3N=Cc3cc4ccccc4c4ccccc34)sc2c1.[Pt+2]. The molecule has 16 aromatic rings. The molecule has 0 bridgehead atoms. The minimum absolute atomic E-state index is 0. The van der Waals surface area contributed by atoms with Crippen LogP contribution >= 0.6 is 22.7 Å². The van der Waals surface area contributed by atoms with Crippen LogP contribution in [0, 0.1) is 12.1 Å². The molecule has 0 spiro atoms. The van der Waals surface area contributed by atoms with Crippen LogP contribution in [0.2, 0.25) is 0 Å². The first-order valence-electron chi connectivity index (χ1n) is 30.7. The standard InChI is InChI=1S/C42H32N2S.C42H30N2S.Pt/c2*1-42(2,3)30-24-37(35-21-12-15-27-13-4-6-16-31(27)35)40-39(25-30)45-41(44-40)36-20-10-11-22-38(36)43-26-29-23-28-14-5-7-17-32(28)34-19-9-8-18-33(29)34;/h4-26H,1-3H3;4-17,19-20,22-26H,1-3H3;/q;-2;+2. The van der Waals surface area contributed by atoms with Gasteiger partial charge >= 0.3 is 21.1 Å². The number of nitrogens with zero attached hydrogens (tertiary/aromatic N) is 4. The molecule has 0 N–H and O–H groups in total. The Balaban J connectivity index is 0.000000157. The molecule has 7 heteroatoms. The van der Waals surface area contributed by atoms with E-state index >= 15 is 0 Å². The molecule has 16 rings (SSSR count). The summed E-state index contributed by atoms with van der Waals surface area (Å²) in [6.45, 7) is 13.6. The van der Waals surface area contributed by atoms with Gasteiger partial charge in [-0.05, 0) is 120 Å². The molecule has 14 aromatic carbocycles. The second kappa shape index (κ2) is 24.3. The van der Waals surface area contributed by atoms with Crippen molar-refractivity contribution in [2.24, 2.45) is 9.98 Å². The van der Waals surface area contributed by atoms with Crippen LogP contribution in [0.1, 0.15) is 63.8 Å². The van der Waals surface area contributed by atoms with Crippen molar-refractivity contribution in [1.29, 1.82) is 0 Å². The summed E-state index contributed by atoms with van der Waals surface area (Å²) >= 11 is 3.48. The molecule has 2 aromatic heterocycles. The molecular formula is C84H62N4PtS2. The van der Waals surface area contributed by atoms with Gasteiger partial charge in [-0.15, -0.1) is 92.2 Å². The zero-order chi connectivity index (χ0) is 61.1. The Kier molecular flexibility index (Phi) is 15.8. The van der Waals surface area contributed by atoms with Crippen molar-refractivity contribution < 1.29 is 21.1 Å². The van der Waals surface area contributed by atoms with Gasteiger partial charge < -0.3 is 0 Å². The van der Waals surface area contributed by atoms with Crippen LogP contribution < -0.4 is 0 Å². The minimum atomic E-state index is -0.0144. The molecule has 4 nitrogen and oxygen atoms in total. The third-order valence-corrected chi connectivity index (χ3v) is 19.3. The monoisotopic (exact) mass is 1390 g/mol. The minimum Gasteiger partial charge on any atom is -0.265 e. The fraction of sp³-hybridized carbons (Fsp3) is 0.0952. The Labute approximate surface area is 553 Å². The molecule has 0 aliphatic heterocycles. The first-order chi connectivity index (χ1) is 43.9. The van der Waals surface area contributed by atoms with Crippen molar-refractivity contribution in [2.75, 3.05) is 0 Å². The summed E-state index contributed by atoms with van der Waals surface area (Å²) in [5.74, 6) is 0. The number of benzene rings is 14. The van der Waals surface area contributed by atoms with E-state index in [4.69, 9.17) is 20.0 Å². The second-order valence-electron chi connectivity index (χ2n) is 25.2. The summed E-state index contributed by atoms with van der Waals surface area (Å²) in [5, 5.41) is 16.4. The summed E-state index contributed by atoms with van der Waals surface area (Å²) in [5.41, 5.74) is 15.3. The summed E-state index contributed by atoms with van der Waals surface area (Å²) in [4.78, 5) is 20.8. The van der Waals surface area contributed by atoms with Gasteiger partial charge in [0, 0.05) is 38.7 Å². The molecular weight excluding hydrogens is 1320 g/mol. The molecule has 2 heterocycles.